The summed E-state index contributed by atoms with van der Waals surface area (Å²) in [7, 11) is 0. The summed E-state index contributed by atoms with van der Waals surface area (Å²) >= 11 is 0. The maximum atomic E-state index is 12.4. The smallest absolute Gasteiger partial charge is 0.335 e. The van der Waals surface area contributed by atoms with E-state index < -0.39 is 17.9 Å². The SMILES string of the molecule is O=C(O)c1cccc(N2C(=O)NC(=Cc3ccncc3)C2=O)c1. The van der Waals surface area contributed by atoms with E-state index >= 15 is 0 Å². The second-order valence-corrected chi connectivity index (χ2v) is 4.76. The number of amides is 3. The normalized spacial score (nSPS) is 15.8. The van der Waals surface area contributed by atoms with E-state index in [0.29, 0.717) is 5.56 Å². The molecule has 1 aliphatic rings. The van der Waals surface area contributed by atoms with Crippen molar-refractivity contribution in [2.24, 2.45) is 0 Å². The number of hydrogen-bond acceptors (Lipinski definition) is 4. The van der Waals surface area contributed by atoms with Crippen LogP contribution in [0.3, 0.4) is 0 Å². The van der Waals surface area contributed by atoms with Gasteiger partial charge in [-0.15, -0.1) is 0 Å². The van der Waals surface area contributed by atoms with Crippen LogP contribution in [0.1, 0.15) is 15.9 Å². The molecule has 0 aliphatic carbocycles. The van der Waals surface area contributed by atoms with Crippen LogP contribution < -0.4 is 10.2 Å². The number of imide groups is 1. The maximum absolute atomic E-state index is 12.4. The van der Waals surface area contributed by atoms with E-state index in [4.69, 9.17) is 5.11 Å². The van der Waals surface area contributed by atoms with E-state index in [-0.39, 0.29) is 16.9 Å². The van der Waals surface area contributed by atoms with Crippen molar-refractivity contribution in [3.05, 3.63) is 65.6 Å². The van der Waals surface area contributed by atoms with Gasteiger partial charge in [0, 0.05) is 12.4 Å². The molecule has 2 heterocycles. The largest absolute Gasteiger partial charge is 0.478 e. The average molecular weight is 309 g/mol. The Morgan fingerprint density at radius 3 is 2.61 bits per heavy atom. The number of hydrogen-bond donors (Lipinski definition) is 2. The van der Waals surface area contributed by atoms with Gasteiger partial charge in [0.2, 0.25) is 0 Å². The molecule has 2 N–H and O–H groups in total. The van der Waals surface area contributed by atoms with Gasteiger partial charge in [-0.1, -0.05) is 6.07 Å². The van der Waals surface area contributed by atoms with Gasteiger partial charge >= 0.3 is 12.0 Å². The molecule has 2 aromatic rings. The second kappa shape index (κ2) is 5.72. The molecule has 23 heavy (non-hydrogen) atoms. The maximum Gasteiger partial charge on any atom is 0.335 e. The minimum absolute atomic E-state index is 0.00494. The van der Waals surface area contributed by atoms with Gasteiger partial charge in [-0.2, -0.15) is 0 Å². The van der Waals surface area contributed by atoms with Crippen LogP contribution in [0, 0.1) is 0 Å². The Balaban J connectivity index is 1.95. The summed E-state index contributed by atoms with van der Waals surface area (Å²) in [5.41, 5.74) is 1.02. The lowest BCUT2D eigenvalue weighted by Gasteiger charge is -2.12. The van der Waals surface area contributed by atoms with Crippen molar-refractivity contribution in [1.29, 1.82) is 0 Å². The molecule has 7 heteroatoms. The summed E-state index contributed by atoms with van der Waals surface area (Å²) < 4.78 is 0. The van der Waals surface area contributed by atoms with Crippen LogP contribution in [-0.4, -0.2) is 28.0 Å². The Labute approximate surface area is 130 Å². The Morgan fingerprint density at radius 1 is 1.17 bits per heavy atom. The highest BCUT2D eigenvalue weighted by atomic mass is 16.4. The number of carboxylic acid groups (broad SMARTS) is 1. The zero-order chi connectivity index (χ0) is 16.4. The molecule has 1 fully saturated rings. The number of aromatic nitrogens is 1. The first-order chi connectivity index (χ1) is 11.1. The predicted molar refractivity (Wildman–Crippen MR) is 81.6 cm³/mol. The lowest BCUT2D eigenvalue weighted by Crippen LogP contribution is -2.30. The molecule has 1 aromatic heterocycles. The van der Waals surface area contributed by atoms with Gasteiger partial charge in [-0.25, -0.2) is 14.5 Å². The van der Waals surface area contributed by atoms with Crippen molar-refractivity contribution in [3.63, 3.8) is 0 Å². The van der Waals surface area contributed by atoms with Gasteiger partial charge in [0.1, 0.15) is 5.70 Å². The van der Waals surface area contributed by atoms with Crippen molar-refractivity contribution in [2.45, 2.75) is 0 Å². The second-order valence-electron chi connectivity index (χ2n) is 4.76. The first-order valence-corrected chi connectivity index (χ1v) is 6.67. The van der Waals surface area contributed by atoms with Crippen LogP contribution in [0.15, 0.2) is 54.5 Å². The van der Waals surface area contributed by atoms with Gasteiger partial charge in [0.15, 0.2) is 0 Å². The molecule has 1 saturated heterocycles. The lowest BCUT2D eigenvalue weighted by molar-refractivity contribution is -0.113. The lowest BCUT2D eigenvalue weighted by atomic mass is 10.2. The molecule has 0 atom stereocenters. The van der Waals surface area contributed by atoms with Crippen LogP contribution in [0.25, 0.3) is 6.08 Å². The van der Waals surface area contributed by atoms with Crippen molar-refractivity contribution in [3.8, 4) is 0 Å². The van der Waals surface area contributed by atoms with Gasteiger partial charge in [-0.3, -0.25) is 9.78 Å². The van der Waals surface area contributed by atoms with Crippen LogP contribution in [0.2, 0.25) is 0 Å². The summed E-state index contributed by atoms with van der Waals surface area (Å²) in [6, 6.07) is 8.40. The number of benzene rings is 1. The van der Waals surface area contributed by atoms with Crippen molar-refractivity contribution in [2.75, 3.05) is 4.90 Å². The van der Waals surface area contributed by atoms with E-state index in [0.717, 1.165) is 4.90 Å². The summed E-state index contributed by atoms with van der Waals surface area (Å²) in [4.78, 5) is 40.3. The number of rotatable bonds is 3. The molecule has 1 aromatic carbocycles. The highest BCUT2D eigenvalue weighted by molar-refractivity contribution is 6.28. The molecule has 0 spiro atoms. The van der Waals surface area contributed by atoms with Gasteiger partial charge in [0.05, 0.1) is 11.3 Å². The van der Waals surface area contributed by atoms with Crippen molar-refractivity contribution >= 4 is 29.7 Å². The van der Waals surface area contributed by atoms with E-state index in [9.17, 15) is 14.4 Å². The molecule has 0 bridgehead atoms. The van der Waals surface area contributed by atoms with Gasteiger partial charge < -0.3 is 10.4 Å². The number of aromatic carboxylic acids is 1. The Morgan fingerprint density at radius 2 is 1.91 bits per heavy atom. The third kappa shape index (κ3) is 2.80. The highest BCUT2D eigenvalue weighted by Gasteiger charge is 2.35. The summed E-state index contributed by atoms with van der Waals surface area (Å²) in [6.07, 6.45) is 4.67. The topological polar surface area (TPSA) is 99.6 Å². The summed E-state index contributed by atoms with van der Waals surface area (Å²) in [5.74, 6) is -1.68. The number of urea groups is 1. The number of nitrogens with one attached hydrogen (secondary N) is 1. The van der Waals surface area contributed by atoms with Crippen molar-refractivity contribution < 1.29 is 19.5 Å². The molecular formula is C16H11N3O4. The number of nitrogens with zero attached hydrogens (tertiary/aromatic N) is 2. The first kappa shape index (κ1) is 14.5. The average Bonchev–Trinajstić information content (AvgIpc) is 2.82. The van der Waals surface area contributed by atoms with E-state index in [1.165, 1.54) is 30.3 Å². The third-order valence-electron chi connectivity index (χ3n) is 3.25. The summed E-state index contributed by atoms with van der Waals surface area (Å²) in [5, 5.41) is 11.5. The zero-order valence-electron chi connectivity index (χ0n) is 11.8. The number of carboxylic acids is 1. The Kier molecular flexibility index (Phi) is 3.60. The van der Waals surface area contributed by atoms with Crippen LogP contribution in [0.4, 0.5) is 10.5 Å². The molecule has 0 unspecified atom stereocenters. The Hall–Kier alpha value is -3.48. The molecule has 114 valence electrons. The Bertz CT molecular complexity index is 830. The molecular weight excluding hydrogens is 298 g/mol. The van der Waals surface area contributed by atoms with Crippen LogP contribution >= 0.6 is 0 Å². The first-order valence-electron chi connectivity index (χ1n) is 6.67. The fourth-order valence-electron chi connectivity index (χ4n) is 2.17. The van der Waals surface area contributed by atoms with E-state index in [1.54, 1.807) is 24.5 Å². The standard InChI is InChI=1S/C16H11N3O4/c20-14-13(8-10-4-6-17-7-5-10)18-16(23)19(14)12-3-1-2-11(9-12)15(21)22/h1-9H,(H,18,23)(H,21,22). The van der Waals surface area contributed by atoms with Crippen molar-refractivity contribution in [1.82, 2.24) is 10.3 Å². The molecule has 0 radical (unpaired) electrons. The third-order valence-corrected chi connectivity index (χ3v) is 3.25. The molecule has 0 saturated carbocycles. The minimum atomic E-state index is -1.13. The summed E-state index contributed by atoms with van der Waals surface area (Å²) in [6.45, 7) is 0. The minimum Gasteiger partial charge on any atom is -0.478 e. The van der Waals surface area contributed by atoms with E-state index in [2.05, 4.69) is 10.3 Å². The molecule has 1 aliphatic heterocycles. The highest BCUT2D eigenvalue weighted by Crippen LogP contribution is 2.23. The monoisotopic (exact) mass is 309 g/mol. The van der Waals surface area contributed by atoms with Gasteiger partial charge in [-0.05, 0) is 42.0 Å². The molecule has 7 nitrogen and oxygen atoms in total. The number of carbonyl (C=O) groups excluding carboxylic acids is 2. The number of anilines is 1. The number of pyridine rings is 1. The fourth-order valence-corrected chi connectivity index (χ4v) is 2.17. The zero-order valence-corrected chi connectivity index (χ0v) is 11.8. The number of carbonyl (C=O) groups is 3. The quantitative estimate of drug-likeness (QED) is 0.666. The van der Waals surface area contributed by atoms with Crippen LogP contribution in [0.5, 0.6) is 0 Å². The fraction of sp³-hybridized carbons (Fsp3) is 0. The van der Waals surface area contributed by atoms with Gasteiger partial charge in [0.25, 0.3) is 5.91 Å². The van der Waals surface area contributed by atoms with Crippen LogP contribution in [-0.2, 0) is 4.79 Å². The predicted octanol–water partition coefficient (Wildman–Crippen LogP) is 1.88. The molecule has 3 rings (SSSR count). The van der Waals surface area contributed by atoms with E-state index in [1.807, 2.05) is 0 Å². The molecule has 3 amide bonds.